The second kappa shape index (κ2) is 9.48. The third kappa shape index (κ3) is 5.13. The molecule has 0 amide bonds. The number of hydrogen-bond donors (Lipinski definition) is 1. The molecule has 1 aliphatic heterocycles. The molecule has 1 aliphatic rings. The predicted octanol–water partition coefficient (Wildman–Crippen LogP) is 0.758. The summed E-state index contributed by atoms with van der Waals surface area (Å²) in [5, 5.41) is 0. The predicted molar refractivity (Wildman–Crippen MR) is 109 cm³/mol. The van der Waals surface area contributed by atoms with E-state index in [0.717, 1.165) is 29.8 Å². The zero-order valence-corrected chi connectivity index (χ0v) is 18.5. The number of anilines is 1. The quantitative estimate of drug-likeness (QED) is 0.465. The van der Waals surface area contributed by atoms with Crippen molar-refractivity contribution >= 4 is 45.7 Å². The molecule has 0 aromatic carbocycles. The normalized spacial score (nSPS) is 22.7. The number of aromatic nitrogens is 3. The first kappa shape index (κ1) is 23.4. The van der Waals surface area contributed by atoms with E-state index >= 15 is 0 Å². The summed E-state index contributed by atoms with van der Waals surface area (Å²) in [7, 11) is 0. The van der Waals surface area contributed by atoms with Gasteiger partial charge in [-0.25, -0.2) is 9.78 Å². The van der Waals surface area contributed by atoms with Gasteiger partial charge in [0.2, 0.25) is 5.95 Å². The Morgan fingerprint density at radius 2 is 1.88 bits per heavy atom. The summed E-state index contributed by atoms with van der Waals surface area (Å²) in [4.78, 5) is 55.5. The first-order valence-electron chi connectivity index (χ1n) is 9.53. The lowest BCUT2D eigenvalue weighted by atomic mass is 10.1. The Bertz CT molecular complexity index is 1080. The molecular weight excluding hydrogens is 448 g/mol. The summed E-state index contributed by atoms with van der Waals surface area (Å²) in [5.41, 5.74) is 5.81. The fourth-order valence-electron chi connectivity index (χ4n) is 3.15. The molecule has 0 saturated carbocycles. The highest BCUT2D eigenvalue weighted by Gasteiger charge is 2.51. The van der Waals surface area contributed by atoms with Crippen LogP contribution in [0.25, 0.3) is 10.3 Å². The van der Waals surface area contributed by atoms with Crippen LogP contribution in [0.15, 0.2) is 11.0 Å². The van der Waals surface area contributed by atoms with E-state index in [-0.39, 0.29) is 11.6 Å². The summed E-state index contributed by atoms with van der Waals surface area (Å²) in [6.45, 7) is 5.20. The van der Waals surface area contributed by atoms with Crippen molar-refractivity contribution in [2.24, 2.45) is 0 Å². The smallest absolute Gasteiger partial charge is 0.455 e. The Kier molecular flexibility index (Phi) is 6.93. The Morgan fingerprint density at radius 1 is 1.22 bits per heavy atom. The van der Waals surface area contributed by atoms with Crippen LogP contribution >= 0.6 is 11.3 Å². The zero-order chi connectivity index (χ0) is 23.6. The number of carbonyl (C=O) groups excluding carboxylic acids is 3. The molecule has 2 aromatic heterocycles. The van der Waals surface area contributed by atoms with E-state index in [1.165, 1.54) is 6.20 Å². The fourth-order valence-corrected chi connectivity index (χ4v) is 3.97. The molecule has 0 spiro atoms. The molecule has 0 aliphatic carbocycles. The van der Waals surface area contributed by atoms with Gasteiger partial charge in [-0.1, -0.05) is 11.3 Å². The number of carbonyl (C=O) groups is 3. The van der Waals surface area contributed by atoms with Gasteiger partial charge in [-0.05, 0) is 13.8 Å². The van der Waals surface area contributed by atoms with E-state index < -0.39 is 60.2 Å². The van der Waals surface area contributed by atoms with E-state index in [9.17, 15) is 19.2 Å². The minimum Gasteiger partial charge on any atom is -0.455 e. The molecule has 3 heterocycles. The first-order chi connectivity index (χ1) is 15.1. The van der Waals surface area contributed by atoms with E-state index in [4.69, 9.17) is 29.4 Å². The fraction of sp³-hybridized carbons (Fsp3) is 0.556. The maximum absolute atomic E-state index is 12.7. The average molecular weight is 470 g/mol. The van der Waals surface area contributed by atoms with Gasteiger partial charge in [0.05, 0.1) is 17.0 Å². The lowest BCUT2D eigenvalue weighted by Gasteiger charge is -2.23. The van der Waals surface area contributed by atoms with Crippen LogP contribution in [-0.2, 0) is 33.3 Å². The molecular formula is C18H22N4O9S. The SMILES string of the molecule is CC(=O)O[C@@H]1[C@@H](OC(C)=O)[C@@H](COC(=O)OC(C)C)O[C@H]1n1c(=O)sc2cnc(N)nc21. The van der Waals surface area contributed by atoms with E-state index in [1.54, 1.807) is 13.8 Å². The van der Waals surface area contributed by atoms with E-state index in [1.807, 2.05) is 0 Å². The molecule has 4 atom stereocenters. The van der Waals surface area contributed by atoms with Gasteiger partial charge in [-0.15, -0.1) is 0 Å². The zero-order valence-electron chi connectivity index (χ0n) is 17.7. The highest BCUT2D eigenvalue weighted by molar-refractivity contribution is 7.16. The molecule has 13 nitrogen and oxygen atoms in total. The Balaban J connectivity index is 1.99. The van der Waals surface area contributed by atoms with Gasteiger partial charge in [-0.2, -0.15) is 4.98 Å². The molecule has 3 rings (SSSR count). The van der Waals surface area contributed by atoms with Crippen molar-refractivity contribution in [2.45, 2.75) is 58.3 Å². The van der Waals surface area contributed by atoms with Crippen molar-refractivity contribution in [3.8, 4) is 0 Å². The van der Waals surface area contributed by atoms with Crippen LogP contribution in [0, 0.1) is 0 Å². The Labute approximate surface area is 185 Å². The maximum atomic E-state index is 12.7. The second-order valence-electron chi connectivity index (χ2n) is 7.09. The van der Waals surface area contributed by atoms with Crippen molar-refractivity contribution in [1.82, 2.24) is 14.5 Å². The topological polar surface area (TPSA) is 171 Å². The van der Waals surface area contributed by atoms with Crippen molar-refractivity contribution in [3.63, 3.8) is 0 Å². The molecule has 32 heavy (non-hydrogen) atoms. The lowest BCUT2D eigenvalue weighted by Crippen LogP contribution is -2.41. The second-order valence-corrected chi connectivity index (χ2v) is 8.09. The Hall–Kier alpha value is -3.26. The standard InChI is InChI=1S/C18H22N4O9S/c1-7(2)28-18(26)27-6-10-12(29-8(3)23)13(30-9(4)24)15(31-10)22-14-11(32-17(22)25)5-20-16(19)21-14/h5,7,10,12-13,15H,6H2,1-4H3,(H2,19,20,21)/t10-,12+,13-,15-/m1/s1. The van der Waals surface area contributed by atoms with Crippen LogP contribution in [-0.4, -0.2) is 63.7 Å². The third-order valence-corrected chi connectivity index (χ3v) is 5.10. The third-order valence-electron chi connectivity index (χ3n) is 4.22. The van der Waals surface area contributed by atoms with Crippen LogP contribution in [0.1, 0.15) is 33.9 Å². The summed E-state index contributed by atoms with van der Waals surface area (Å²) in [6, 6.07) is 0. The average Bonchev–Trinajstić information content (AvgIpc) is 3.15. The van der Waals surface area contributed by atoms with Gasteiger partial charge < -0.3 is 29.4 Å². The highest BCUT2D eigenvalue weighted by Crippen LogP contribution is 2.35. The number of nitrogen functional groups attached to an aromatic ring is 1. The molecule has 1 fully saturated rings. The summed E-state index contributed by atoms with van der Waals surface area (Å²) in [5.74, 6) is -1.48. The van der Waals surface area contributed by atoms with E-state index in [0.29, 0.717) is 4.70 Å². The molecule has 0 bridgehead atoms. The molecule has 14 heteroatoms. The number of hydrogen-bond acceptors (Lipinski definition) is 13. The van der Waals surface area contributed by atoms with Gasteiger partial charge in [0.25, 0.3) is 0 Å². The van der Waals surface area contributed by atoms with Crippen molar-refractivity contribution in [2.75, 3.05) is 12.3 Å². The monoisotopic (exact) mass is 470 g/mol. The van der Waals surface area contributed by atoms with Gasteiger partial charge >= 0.3 is 23.0 Å². The Morgan fingerprint density at radius 3 is 2.50 bits per heavy atom. The number of esters is 2. The van der Waals surface area contributed by atoms with Crippen LogP contribution in [0.2, 0.25) is 0 Å². The largest absolute Gasteiger partial charge is 0.508 e. The van der Waals surface area contributed by atoms with Gasteiger partial charge in [0, 0.05) is 13.8 Å². The number of rotatable bonds is 6. The van der Waals surface area contributed by atoms with Crippen molar-refractivity contribution in [1.29, 1.82) is 0 Å². The number of thiazole rings is 1. The minimum atomic E-state index is -1.24. The first-order valence-corrected chi connectivity index (χ1v) is 10.3. The number of fused-ring (bicyclic) bond motifs is 1. The number of ether oxygens (including phenoxy) is 5. The van der Waals surface area contributed by atoms with E-state index in [2.05, 4.69) is 9.97 Å². The summed E-state index contributed by atoms with van der Waals surface area (Å²) in [6.07, 6.45) is -4.74. The van der Waals surface area contributed by atoms with Gasteiger partial charge in [-0.3, -0.25) is 19.0 Å². The van der Waals surface area contributed by atoms with Crippen molar-refractivity contribution < 1.29 is 38.1 Å². The van der Waals surface area contributed by atoms with Crippen LogP contribution in [0.3, 0.4) is 0 Å². The number of nitrogens with two attached hydrogens (primary N) is 1. The summed E-state index contributed by atoms with van der Waals surface area (Å²) >= 11 is 0.830. The molecule has 1 saturated heterocycles. The van der Waals surface area contributed by atoms with Crippen LogP contribution < -0.4 is 10.6 Å². The summed E-state index contributed by atoms with van der Waals surface area (Å²) < 4.78 is 28.1. The number of nitrogens with zero attached hydrogens (tertiary/aromatic N) is 3. The van der Waals surface area contributed by atoms with Gasteiger partial charge in [0.15, 0.2) is 24.1 Å². The van der Waals surface area contributed by atoms with Gasteiger partial charge in [0.1, 0.15) is 12.7 Å². The highest BCUT2D eigenvalue weighted by atomic mass is 32.1. The molecule has 0 radical (unpaired) electrons. The van der Waals surface area contributed by atoms with Crippen LogP contribution in [0.4, 0.5) is 10.7 Å². The molecule has 174 valence electrons. The minimum absolute atomic E-state index is 0.0843. The molecule has 2 aromatic rings. The molecule has 2 N–H and O–H groups in total. The lowest BCUT2D eigenvalue weighted by molar-refractivity contribution is -0.165. The molecule has 0 unspecified atom stereocenters. The van der Waals surface area contributed by atoms with Crippen LogP contribution in [0.5, 0.6) is 0 Å². The van der Waals surface area contributed by atoms with Crippen molar-refractivity contribution in [3.05, 3.63) is 15.9 Å². The maximum Gasteiger partial charge on any atom is 0.508 e.